The maximum absolute atomic E-state index is 12.1. The van der Waals surface area contributed by atoms with Crippen molar-refractivity contribution in [2.24, 2.45) is 0 Å². The van der Waals surface area contributed by atoms with Crippen LogP contribution in [0.2, 0.25) is 5.02 Å². The SMILES string of the molecule is O=c1cc(O)c2ccccc2n1Cc1ccccc1Cl. The molecule has 20 heavy (non-hydrogen) atoms. The summed E-state index contributed by atoms with van der Waals surface area (Å²) < 4.78 is 1.61. The molecule has 0 amide bonds. The molecule has 0 fully saturated rings. The van der Waals surface area contributed by atoms with Gasteiger partial charge in [0.15, 0.2) is 0 Å². The van der Waals surface area contributed by atoms with Crippen molar-refractivity contribution in [3.05, 3.63) is 75.5 Å². The van der Waals surface area contributed by atoms with Crippen molar-refractivity contribution in [3.63, 3.8) is 0 Å². The highest BCUT2D eigenvalue weighted by atomic mass is 35.5. The number of benzene rings is 2. The van der Waals surface area contributed by atoms with Gasteiger partial charge in [0.25, 0.3) is 5.56 Å². The third-order valence-electron chi connectivity index (χ3n) is 3.28. The fraction of sp³-hybridized carbons (Fsp3) is 0.0625. The minimum Gasteiger partial charge on any atom is -0.507 e. The molecule has 0 aliphatic carbocycles. The maximum Gasteiger partial charge on any atom is 0.255 e. The number of para-hydroxylation sites is 1. The first-order chi connectivity index (χ1) is 9.66. The van der Waals surface area contributed by atoms with Crippen LogP contribution in [0, 0.1) is 0 Å². The molecule has 3 rings (SSSR count). The zero-order valence-corrected chi connectivity index (χ0v) is 11.3. The summed E-state index contributed by atoms with van der Waals surface area (Å²) in [6.45, 7) is 0.374. The number of hydrogen-bond acceptors (Lipinski definition) is 2. The fourth-order valence-electron chi connectivity index (χ4n) is 2.28. The number of aromatic nitrogens is 1. The van der Waals surface area contributed by atoms with Crippen molar-refractivity contribution >= 4 is 22.5 Å². The van der Waals surface area contributed by atoms with Gasteiger partial charge in [-0.3, -0.25) is 4.79 Å². The molecule has 1 aromatic heterocycles. The van der Waals surface area contributed by atoms with Crippen LogP contribution >= 0.6 is 11.6 Å². The van der Waals surface area contributed by atoms with E-state index in [9.17, 15) is 9.90 Å². The molecular weight excluding hydrogens is 274 g/mol. The number of pyridine rings is 1. The van der Waals surface area contributed by atoms with E-state index in [-0.39, 0.29) is 11.3 Å². The van der Waals surface area contributed by atoms with Crippen LogP contribution in [-0.2, 0) is 6.54 Å². The lowest BCUT2D eigenvalue weighted by atomic mass is 10.1. The van der Waals surface area contributed by atoms with Gasteiger partial charge in [-0.15, -0.1) is 0 Å². The Labute approximate surface area is 120 Å². The van der Waals surface area contributed by atoms with Crippen LogP contribution in [0.3, 0.4) is 0 Å². The van der Waals surface area contributed by atoms with Gasteiger partial charge in [0.05, 0.1) is 12.1 Å². The van der Waals surface area contributed by atoms with Gasteiger partial charge in [-0.1, -0.05) is 41.9 Å². The van der Waals surface area contributed by atoms with Crippen molar-refractivity contribution in [2.75, 3.05) is 0 Å². The van der Waals surface area contributed by atoms with E-state index < -0.39 is 0 Å². The Morgan fingerprint density at radius 3 is 2.55 bits per heavy atom. The van der Waals surface area contributed by atoms with E-state index in [1.54, 1.807) is 16.7 Å². The average molecular weight is 286 g/mol. The van der Waals surface area contributed by atoms with E-state index in [0.717, 1.165) is 5.56 Å². The van der Waals surface area contributed by atoms with Gasteiger partial charge in [-0.2, -0.15) is 0 Å². The summed E-state index contributed by atoms with van der Waals surface area (Å²) in [6, 6.07) is 15.9. The lowest BCUT2D eigenvalue weighted by Crippen LogP contribution is -2.20. The zero-order valence-electron chi connectivity index (χ0n) is 10.6. The van der Waals surface area contributed by atoms with E-state index in [2.05, 4.69) is 0 Å². The monoisotopic (exact) mass is 285 g/mol. The average Bonchev–Trinajstić information content (AvgIpc) is 2.45. The molecule has 0 radical (unpaired) electrons. The Balaban J connectivity index is 2.22. The summed E-state index contributed by atoms with van der Waals surface area (Å²) in [7, 11) is 0. The first-order valence-corrected chi connectivity index (χ1v) is 6.59. The number of aromatic hydroxyl groups is 1. The summed E-state index contributed by atoms with van der Waals surface area (Å²) in [4.78, 5) is 12.1. The smallest absolute Gasteiger partial charge is 0.255 e. The molecule has 1 N–H and O–H groups in total. The van der Waals surface area contributed by atoms with Crippen LogP contribution in [0.1, 0.15) is 5.56 Å². The number of halogens is 1. The minimum absolute atomic E-state index is 0.000934. The number of rotatable bonds is 2. The molecule has 2 aromatic carbocycles. The lowest BCUT2D eigenvalue weighted by Gasteiger charge is -2.12. The number of hydrogen-bond donors (Lipinski definition) is 1. The first-order valence-electron chi connectivity index (χ1n) is 6.22. The highest BCUT2D eigenvalue weighted by Crippen LogP contribution is 2.23. The van der Waals surface area contributed by atoms with Crippen molar-refractivity contribution in [1.82, 2.24) is 4.57 Å². The third-order valence-corrected chi connectivity index (χ3v) is 3.65. The highest BCUT2D eigenvalue weighted by Gasteiger charge is 2.09. The summed E-state index contributed by atoms with van der Waals surface area (Å²) in [6.07, 6.45) is 0. The van der Waals surface area contributed by atoms with Crippen LogP contribution in [0.15, 0.2) is 59.4 Å². The Kier molecular flexibility index (Phi) is 3.20. The summed E-state index contributed by atoms with van der Waals surface area (Å²) in [5, 5.41) is 11.1. The molecule has 0 aliphatic rings. The molecule has 0 saturated carbocycles. The van der Waals surface area contributed by atoms with Gasteiger partial charge in [-0.25, -0.2) is 0 Å². The van der Waals surface area contributed by atoms with E-state index >= 15 is 0 Å². The Morgan fingerprint density at radius 2 is 1.75 bits per heavy atom. The topological polar surface area (TPSA) is 42.2 Å². The molecule has 0 bridgehead atoms. The van der Waals surface area contributed by atoms with Gasteiger partial charge >= 0.3 is 0 Å². The molecule has 0 atom stereocenters. The second kappa shape index (κ2) is 5.02. The quantitative estimate of drug-likeness (QED) is 0.784. The molecule has 4 heteroatoms. The molecule has 100 valence electrons. The predicted octanol–water partition coefficient (Wildman–Crippen LogP) is 3.41. The summed E-state index contributed by atoms with van der Waals surface area (Å²) >= 11 is 6.14. The fourth-order valence-corrected chi connectivity index (χ4v) is 2.47. The third kappa shape index (κ3) is 2.17. The van der Waals surface area contributed by atoms with Gasteiger partial charge in [-0.05, 0) is 23.8 Å². The standard InChI is InChI=1S/C16H12ClNO2/c17-13-7-3-1-5-11(13)10-18-14-8-4-2-6-12(14)15(19)9-16(18)20/h1-9,19H,10H2. The number of nitrogens with zero attached hydrogens (tertiary/aromatic N) is 1. The van der Waals surface area contributed by atoms with Crippen molar-refractivity contribution in [3.8, 4) is 5.75 Å². The first kappa shape index (κ1) is 12.8. The maximum atomic E-state index is 12.1. The van der Waals surface area contributed by atoms with E-state index in [0.29, 0.717) is 22.5 Å². The van der Waals surface area contributed by atoms with E-state index in [1.165, 1.54) is 6.07 Å². The second-order valence-corrected chi connectivity index (χ2v) is 4.97. The van der Waals surface area contributed by atoms with Crippen LogP contribution in [0.4, 0.5) is 0 Å². The van der Waals surface area contributed by atoms with Crippen LogP contribution in [-0.4, -0.2) is 9.67 Å². The van der Waals surface area contributed by atoms with Crippen LogP contribution in [0.5, 0.6) is 5.75 Å². The molecule has 0 aliphatic heterocycles. The Bertz CT molecular complexity index is 839. The molecule has 0 spiro atoms. The molecule has 0 saturated heterocycles. The Morgan fingerprint density at radius 1 is 1.05 bits per heavy atom. The molecular formula is C16H12ClNO2. The van der Waals surface area contributed by atoms with Crippen molar-refractivity contribution in [2.45, 2.75) is 6.54 Å². The summed E-state index contributed by atoms with van der Waals surface area (Å²) in [5.74, 6) is 0.000934. The van der Waals surface area contributed by atoms with Crippen LogP contribution in [0.25, 0.3) is 10.9 Å². The van der Waals surface area contributed by atoms with Crippen molar-refractivity contribution < 1.29 is 5.11 Å². The van der Waals surface area contributed by atoms with E-state index in [1.807, 2.05) is 36.4 Å². The normalized spacial score (nSPS) is 10.8. The molecule has 3 nitrogen and oxygen atoms in total. The lowest BCUT2D eigenvalue weighted by molar-refractivity contribution is 0.479. The van der Waals surface area contributed by atoms with Gasteiger partial charge in [0, 0.05) is 16.5 Å². The largest absolute Gasteiger partial charge is 0.507 e. The van der Waals surface area contributed by atoms with Crippen LogP contribution < -0.4 is 5.56 Å². The summed E-state index contributed by atoms with van der Waals surface area (Å²) in [5.41, 5.74) is 1.31. The van der Waals surface area contributed by atoms with E-state index in [4.69, 9.17) is 11.6 Å². The second-order valence-electron chi connectivity index (χ2n) is 4.56. The Hall–Kier alpha value is -2.26. The predicted molar refractivity (Wildman–Crippen MR) is 80.4 cm³/mol. The zero-order chi connectivity index (χ0) is 14.1. The highest BCUT2D eigenvalue weighted by molar-refractivity contribution is 6.31. The van der Waals surface area contributed by atoms with Gasteiger partial charge < -0.3 is 9.67 Å². The van der Waals surface area contributed by atoms with Gasteiger partial charge in [0.2, 0.25) is 0 Å². The molecule has 0 unspecified atom stereocenters. The minimum atomic E-state index is -0.249. The van der Waals surface area contributed by atoms with Gasteiger partial charge in [0.1, 0.15) is 5.75 Å². The number of fused-ring (bicyclic) bond motifs is 1. The molecule has 1 heterocycles. The van der Waals surface area contributed by atoms with Crippen molar-refractivity contribution in [1.29, 1.82) is 0 Å². The molecule has 3 aromatic rings.